The van der Waals surface area contributed by atoms with Crippen LogP contribution in [0, 0.1) is 0 Å². The van der Waals surface area contributed by atoms with Gasteiger partial charge in [0.1, 0.15) is 17.9 Å². The second kappa shape index (κ2) is 8.63. The summed E-state index contributed by atoms with van der Waals surface area (Å²) in [5.74, 6) is 0.891. The quantitative estimate of drug-likeness (QED) is 0.330. The largest absolute Gasteiger partial charge is 0.496 e. The summed E-state index contributed by atoms with van der Waals surface area (Å²) in [7, 11) is 1.60. The standard InChI is InChI=1S/C26H22N4O3/c1-3-33-26(31)19-7-5-4-6-18(19)20-13-21-23(14-24(20)32-2)28-15-29-25(21)30-17-8-9-22-16(12-17)10-11-27-22/h4-15,27H,3H2,1-2H3,(H,28,29,30). The van der Waals surface area contributed by atoms with Gasteiger partial charge in [-0.2, -0.15) is 0 Å². The molecule has 33 heavy (non-hydrogen) atoms. The summed E-state index contributed by atoms with van der Waals surface area (Å²) in [6, 6.07) is 19.2. The van der Waals surface area contributed by atoms with Gasteiger partial charge in [0.25, 0.3) is 0 Å². The topological polar surface area (TPSA) is 89.1 Å². The average Bonchev–Trinajstić information content (AvgIpc) is 3.31. The molecule has 3 aromatic carbocycles. The molecule has 5 rings (SSSR count). The fraction of sp³-hybridized carbons (Fsp3) is 0.115. The number of esters is 1. The van der Waals surface area contributed by atoms with Crippen LogP contribution in [0.3, 0.4) is 0 Å². The molecule has 0 aliphatic heterocycles. The van der Waals surface area contributed by atoms with Crippen molar-refractivity contribution in [3.05, 3.63) is 78.8 Å². The highest BCUT2D eigenvalue weighted by Gasteiger charge is 2.18. The Morgan fingerprint density at radius 1 is 1.03 bits per heavy atom. The highest BCUT2D eigenvalue weighted by molar-refractivity contribution is 6.02. The number of H-pyrrole nitrogens is 1. The van der Waals surface area contributed by atoms with Gasteiger partial charge in [-0.25, -0.2) is 14.8 Å². The number of benzene rings is 3. The third-order valence-corrected chi connectivity index (χ3v) is 5.49. The van der Waals surface area contributed by atoms with Crippen LogP contribution in [0.1, 0.15) is 17.3 Å². The fourth-order valence-electron chi connectivity index (χ4n) is 3.94. The van der Waals surface area contributed by atoms with Crippen molar-refractivity contribution in [2.75, 3.05) is 19.0 Å². The van der Waals surface area contributed by atoms with Crippen LogP contribution in [0.5, 0.6) is 5.75 Å². The van der Waals surface area contributed by atoms with Crippen LogP contribution in [-0.4, -0.2) is 34.6 Å². The lowest BCUT2D eigenvalue weighted by molar-refractivity contribution is 0.0527. The normalized spacial score (nSPS) is 11.0. The zero-order chi connectivity index (χ0) is 22.8. The molecule has 0 spiro atoms. The maximum Gasteiger partial charge on any atom is 0.338 e. The van der Waals surface area contributed by atoms with Gasteiger partial charge >= 0.3 is 5.97 Å². The molecule has 0 unspecified atom stereocenters. The van der Waals surface area contributed by atoms with Crippen molar-refractivity contribution in [1.29, 1.82) is 0 Å². The third kappa shape index (κ3) is 3.85. The molecule has 0 amide bonds. The maximum absolute atomic E-state index is 12.6. The first-order valence-corrected chi connectivity index (χ1v) is 10.6. The minimum atomic E-state index is -0.377. The lowest BCUT2D eigenvalue weighted by atomic mass is 9.97. The van der Waals surface area contributed by atoms with Gasteiger partial charge in [0.05, 0.1) is 24.8 Å². The van der Waals surface area contributed by atoms with E-state index in [1.54, 1.807) is 20.1 Å². The number of nitrogens with zero attached hydrogens (tertiary/aromatic N) is 2. The molecule has 0 bridgehead atoms. The van der Waals surface area contributed by atoms with Gasteiger partial charge in [-0.3, -0.25) is 0 Å². The summed E-state index contributed by atoms with van der Waals surface area (Å²) in [4.78, 5) is 24.7. The van der Waals surface area contributed by atoms with E-state index in [0.29, 0.717) is 23.7 Å². The first kappa shape index (κ1) is 20.5. The van der Waals surface area contributed by atoms with E-state index in [1.807, 2.05) is 54.7 Å². The summed E-state index contributed by atoms with van der Waals surface area (Å²) in [5.41, 5.74) is 4.65. The zero-order valence-corrected chi connectivity index (χ0v) is 18.3. The Morgan fingerprint density at radius 2 is 1.91 bits per heavy atom. The van der Waals surface area contributed by atoms with Crippen molar-refractivity contribution in [3.63, 3.8) is 0 Å². The molecule has 5 aromatic rings. The molecule has 2 N–H and O–H groups in total. The molecule has 0 aliphatic rings. The number of rotatable bonds is 6. The van der Waals surface area contributed by atoms with Gasteiger partial charge in [0, 0.05) is 39.8 Å². The molecule has 7 heteroatoms. The van der Waals surface area contributed by atoms with E-state index in [9.17, 15) is 4.79 Å². The smallest absolute Gasteiger partial charge is 0.338 e. The Labute approximate surface area is 190 Å². The van der Waals surface area contributed by atoms with Crippen LogP contribution in [0.4, 0.5) is 11.5 Å². The number of aromatic nitrogens is 3. The highest BCUT2D eigenvalue weighted by Crippen LogP contribution is 2.38. The highest BCUT2D eigenvalue weighted by atomic mass is 16.5. The van der Waals surface area contributed by atoms with Crippen molar-refractivity contribution in [3.8, 4) is 16.9 Å². The molecule has 0 saturated carbocycles. The van der Waals surface area contributed by atoms with E-state index in [-0.39, 0.29) is 5.97 Å². The molecular weight excluding hydrogens is 416 g/mol. The van der Waals surface area contributed by atoms with Crippen LogP contribution >= 0.6 is 0 Å². The molecule has 0 aliphatic carbocycles. The first-order valence-electron chi connectivity index (χ1n) is 10.6. The number of hydrogen-bond acceptors (Lipinski definition) is 6. The summed E-state index contributed by atoms with van der Waals surface area (Å²) < 4.78 is 10.9. The molecule has 7 nitrogen and oxygen atoms in total. The van der Waals surface area contributed by atoms with Crippen LogP contribution in [-0.2, 0) is 4.74 Å². The van der Waals surface area contributed by atoms with E-state index >= 15 is 0 Å². The van der Waals surface area contributed by atoms with Gasteiger partial charge in [-0.1, -0.05) is 18.2 Å². The van der Waals surface area contributed by atoms with E-state index in [0.717, 1.165) is 38.6 Å². The van der Waals surface area contributed by atoms with Gasteiger partial charge < -0.3 is 19.8 Å². The van der Waals surface area contributed by atoms with Crippen LogP contribution in [0.2, 0.25) is 0 Å². The summed E-state index contributed by atoms with van der Waals surface area (Å²) in [6.07, 6.45) is 3.43. The summed E-state index contributed by atoms with van der Waals surface area (Å²) in [6.45, 7) is 2.09. The Kier molecular flexibility index (Phi) is 5.36. The summed E-state index contributed by atoms with van der Waals surface area (Å²) in [5, 5.41) is 5.31. The number of anilines is 2. The number of aromatic amines is 1. The van der Waals surface area contributed by atoms with Crippen molar-refractivity contribution in [2.24, 2.45) is 0 Å². The summed E-state index contributed by atoms with van der Waals surface area (Å²) >= 11 is 0. The number of fused-ring (bicyclic) bond motifs is 2. The molecule has 2 aromatic heterocycles. The fourth-order valence-corrected chi connectivity index (χ4v) is 3.94. The minimum Gasteiger partial charge on any atom is -0.496 e. The first-order chi connectivity index (χ1) is 16.2. The number of carbonyl (C=O) groups excluding carboxylic acids is 1. The van der Waals surface area contributed by atoms with E-state index in [1.165, 1.54) is 6.33 Å². The SMILES string of the molecule is CCOC(=O)c1ccccc1-c1cc2c(Nc3ccc4[nH]ccc4c3)ncnc2cc1OC. The maximum atomic E-state index is 12.6. The van der Waals surface area contributed by atoms with E-state index in [2.05, 4.69) is 26.3 Å². The van der Waals surface area contributed by atoms with Crippen molar-refractivity contribution < 1.29 is 14.3 Å². The van der Waals surface area contributed by atoms with Gasteiger partial charge in [0.2, 0.25) is 0 Å². The molecule has 0 fully saturated rings. The minimum absolute atomic E-state index is 0.301. The zero-order valence-electron chi connectivity index (χ0n) is 18.3. The Hall–Kier alpha value is -4.39. The van der Waals surface area contributed by atoms with Gasteiger partial charge in [-0.05, 0) is 48.9 Å². The molecule has 0 radical (unpaired) electrons. The van der Waals surface area contributed by atoms with Crippen molar-refractivity contribution in [2.45, 2.75) is 6.92 Å². The number of ether oxygens (including phenoxy) is 2. The predicted molar refractivity (Wildman–Crippen MR) is 129 cm³/mol. The lowest BCUT2D eigenvalue weighted by Crippen LogP contribution is -2.06. The molecule has 0 saturated heterocycles. The Bertz CT molecular complexity index is 1480. The van der Waals surface area contributed by atoms with Gasteiger partial charge in [0.15, 0.2) is 0 Å². The molecular formula is C26H22N4O3. The molecule has 0 atom stereocenters. The molecule has 164 valence electrons. The average molecular weight is 438 g/mol. The third-order valence-electron chi connectivity index (χ3n) is 5.49. The number of methoxy groups -OCH3 is 1. The van der Waals surface area contributed by atoms with Crippen molar-refractivity contribution in [1.82, 2.24) is 15.0 Å². The van der Waals surface area contributed by atoms with Gasteiger partial charge in [-0.15, -0.1) is 0 Å². The van der Waals surface area contributed by atoms with Crippen LogP contribution < -0.4 is 10.1 Å². The second-order valence-corrected chi connectivity index (χ2v) is 7.46. The Morgan fingerprint density at radius 3 is 2.76 bits per heavy atom. The lowest BCUT2D eigenvalue weighted by Gasteiger charge is -2.15. The number of hydrogen-bond donors (Lipinski definition) is 2. The van der Waals surface area contributed by atoms with Crippen molar-refractivity contribution >= 4 is 39.3 Å². The number of nitrogens with one attached hydrogen (secondary N) is 2. The Balaban J connectivity index is 1.64. The van der Waals surface area contributed by atoms with Crippen LogP contribution in [0.25, 0.3) is 32.9 Å². The molecule has 2 heterocycles. The second-order valence-electron chi connectivity index (χ2n) is 7.46. The van der Waals surface area contributed by atoms with E-state index < -0.39 is 0 Å². The predicted octanol–water partition coefficient (Wildman–Crippen LogP) is 5.71. The van der Waals surface area contributed by atoms with E-state index in [4.69, 9.17) is 9.47 Å². The monoisotopic (exact) mass is 438 g/mol. The van der Waals surface area contributed by atoms with Crippen LogP contribution in [0.15, 0.2) is 73.2 Å². The number of carbonyl (C=O) groups is 1.